The quantitative estimate of drug-likeness (QED) is 0.861. The lowest BCUT2D eigenvalue weighted by atomic mass is 10.0. The molecule has 1 N–H and O–H groups in total. The first-order valence-corrected chi connectivity index (χ1v) is 9.53. The monoisotopic (exact) mass is 360 g/mol. The first kappa shape index (κ1) is 19.1. The van der Waals surface area contributed by atoms with Crippen molar-refractivity contribution in [3.8, 4) is 0 Å². The number of carbonyl (C=O) groups excluding carboxylic acids is 1. The topological polar surface area (TPSA) is 66.5 Å². The Hall–Kier alpha value is -2.18. The molecule has 1 amide bonds. The van der Waals surface area contributed by atoms with E-state index < -0.39 is 10.0 Å². The van der Waals surface area contributed by atoms with Gasteiger partial charge in [-0.1, -0.05) is 42.0 Å². The fourth-order valence-corrected chi connectivity index (χ4v) is 3.88. The smallest absolute Gasteiger partial charge is 0.243 e. The van der Waals surface area contributed by atoms with Crippen LogP contribution in [0.2, 0.25) is 0 Å². The molecule has 0 aliphatic carbocycles. The molecule has 0 unspecified atom stereocenters. The van der Waals surface area contributed by atoms with Crippen molar-refractivity contribution in [3.05, 3.63) is 65.2 Å². The molecule has 0 radical (unpaired) electrons. The summed E-state index contributed by atoms with van der Waals surface area (Å²) >= 11 is 0. The van der Waals surface area contributed by atoms with E-state index in [-0.39, 0.29) is 23.4 Å². The Morgan fingerprint density at radius 1 is 1.12 bits per heavy atom. The highest BCUT2D eigenvalue weighted by Crippen LogP contribution is 2.19. The second-order valence-corrected chi connectivity index (χ2v) is 8.27. The summed E-state index contributed by atoms with van der Waals surface area (Å²) < 4.78 is 26.0. The van der Waals surface area contributed by atoms with Crippen molar-refractivity contribution >= 4 is 15.9 Å². The fraction of sp³-hybridized carbons (Fsp3) is 0.316. The summed E-state index contributed by atoms with van der Waals surface area (Å²) in [5.41, 5.74) is 3.28. The number of hydrogen-bond acceptors (Lipinski definition) is 3. The minimum atomic E-state index is -3.68. The van der Waals surface area contributed by atoms with Gasteiger partial charge >= 0.3 is 0 Å². The van der Waals surface area contributed by atoms with Gasteiger partial charge < -0.3 is 5.32 Å². The fourth-order valence-electron chi connectivity index (χ4n) is 2.74. The minimum Gasteiger partial charge on any atom is -0.348 e. The zero-order valence-corrected chi connectivity index (χ0v) is 15.8. The first-order valence-electron chi connectivity index (χ1n) is 8.09. The molecule has 6 heteroatoms. The molecule has 2 aromatic rings. The SMILES string of the molecule is Cc1ccc([C@@H](C)NC(=O)CN(C)S(=O)(=O)c2ccccc2)c(C)c1. The second kappa shape index (κ2) is 7.80. The van der Waals surface area contributed by atoms with Crippen molar-refractivity contribution in [2.24, 2.45) is 0 Å². The molecule has 1 atom stereocenters. The normalized spacial score (nSPS) is 12.8. The molecule has 0 aliphatic rings. The highest BCUT2D eigenvalue weighted by Gasteiger charge is 2.23. The molecule has 2 rings (SSSR count). The molecule has 134 valence electrons. The Morgan fingerprint density at radius 3 is 2.36 bits per heavy atom. The van der Waals surface area contributed by atoms with E-state index >= 15 is 0 Å². The Labute approximate surface area is 149 Å². The molecule has 0 heterocycles. The zero-order valence-electron chi connectivity index (χ0n) is 15.0. The van der Waals surface area contributed by atoms with Crippen LogP contribution in [0.15, 0.2) is 53.4 Å². The Kier molecular flexibility index (Phi) is 5.98. The van der Waals surface area contributed by atoms with E-state index in [9.17, 15) is 13.2 Å². The molecule has 0 aliphatic heterocycles. The van der Waals surface area contributed by atoms with Crippen LogP contribution in [0.25, 0.3) is 0 Å². The lowest BCUT2D eigenvalue weighted by molar-refractivity contribution is -0.121. The third-order valence-corrected chi connectivity index (χ3v) is 5.90. The molecule has 25 heavy (non-hydrogen) atoms. The highest BCUT2D eigenvalue weighted by molar-refractivity contribution is 7.89. The molecule has 0 bridgehead atoms. The number of sulfonamides is 1. The second-order valence-electron chi connectivity index (χ2n) is 6.22. The van der Waals surface area contributed by atoms with Gasteiger partial charge in [-0.2, -0.15) is 4.31 Å². The maximum atomic E-state index is 12.5. The van der Waals surface area contributed by atoms with Crippen molar-refractivity contribution in [1.82, 2.24) is 9.62 Å². The number of nitrogens with one attached hydrogen (secondary N) is 1. The highest BCUT2D eigenvalue weighted by atomic mass is 32.2. The molecule has 0 saturated heterocycles. The average molecular weight is 360 g/mol. The summed E-state index contributed by atoms with van der Waals surface area (Å²) in [6, 6.07) is 13.9. The number of carbonyl (C=O) groups is 1. The Morgan fingerprint density at radius 2 is 1.76 bits per heavy atom. The van der Waals surface area contributed by atoms with Crippen molar-refractivity contribution < 1.29 is 13.2 Å². The van der Waals surface area contributed by atoms with E-state index in [2.05, 4.69) is 11.4 Å². The number of rotatable bonds is 6. The molecular weight excluding hydrogens is 336 g/mol. The maximum Gasteiger partial charge on any atom is 0.243 e. The number of likely N-dealkylation sites (N-methyl/N-ethyl adjacent to an activating group) is 1. The van der Waals surface area contributed by atoms with Gasteiger partial charge in [-0.15, -0.1) is 0 Å². The van der Waals surface area contributed by atoms with Crippen LogP contribution in [0, 0.1) is 13.8 Å². The summed E-state index contributed by atoms with van der Waals surface area (Å²) in [5.74, 6) is -0.338. The maximum absolute atomic E-state index is 12.5. The number of benzene rings is 2. The van der Waals surface area contributed by atoms with Gasteiger partial charge in [0.25, 0.3) is 0 Å². The summed E-state index contributed by atoms with van der Waals surface area (Å²) in [5, 5.41) is 2.87. The van der Waals surface area contributed by atoms with E-state index in [1.54, 1.807) is 18.2 Å². The van der Waals surface area contributed by atoms with Gasteiger partial charge in [0, 0.05) is 7.05 Å². The van der Waals surface area contributed by atoms with Gasteiger partial charge in [0.2, 0.25) is 15.9 Å². The van der Waals surface area contributed by atoms with Crippen LogP contribution in [0.5, 0.6) is 0 Å². The minimum absolute atomic E-state index is 0.174. The van der Waals surface area contributed by atoms with E-state index in [4.69, 9.17) is 0 Å². The van der Waals surface area contributed by atoms with Crippen LogP contribution >= 0.6 is 0 Å². The number of nitrogens with zero attached hydrogens (tertiary/aromatic N) is 1. The summed E-state index contributed by atoms with van der Waals surface area (Å²) in [6.45, 7) is 5.67. The summed E-state index contributed by atoms with van der Waals surface area (Å²) in [4.78, 5) is 12.5. The van der Waals surface area contributed by atoms with Crippen molar-refractivity contribution in [2.75, 3.05) is 13.6 Å². The predicted molar refractivity (Wildman–Crippen MR) is 98.7 cm³/mol. The molecule has 0 spiro atoms. The Balaban J connectivity index is 2.04. The average Bonchev–Trinajstić information content (AvgIpc) is 2.55. The number of amides is 1. The number of hydrogen-bond donors (Lipinski definition) is 1. The van der Waals surface area contributed by atoms with Crippen molar-refractivity contribution in [2.45, 2.75) is 31.7 Å². The van der Waals surface area contributed by atoms with Crippen LogP contribution in [0.1, 0.15) is 29.7 Å². The van der Waals surface area contributed by atoms with Gasteiger partial charge in [0.05, 0.1) is 17.5 Å². The molecule has 2 aromatic carbocycles. The van der Waals surface area contributed by atoms with E-state index in [1.807, 2.05) is 32.9 Å². The van der Waals surface area contributed by atoms with Crippen LogP contribution in [-0.2, 0) is 14.8 Å². The van der Waals surface area contributed by atoms with Gasteiger partial charge in [0.15, 0.2) is 0 Å². The standard InChI is InChI=1S/C19H24N2O3S/c1-14-10-11-18(15(2)12-14)16(3)20-19(22)13-21(4)25(23,24)17-8-6-5-7-9-17/h5-12,16H,13H2,1-4H3,(H,20,22)/t16-/m1/s1. The van der Waals surface area contributed by atoms with Gasteiger partial charge in [-0.05, 0) is 44.0 Å². The van der Waals surface area contributed by atoms with Crippen molar-refractivity contribution in [1.29, 1.82) is 0 Å². The zero-order chi connectivity index (χ0) is 18.6. The summed E-state index contributed by atoms with van der Waals surface area (Å²) in [7, 11) is -2.27. The number of aryl methyl sites for hydroxylation is 2. The lowest BCUT2D eigenvalue weighted by Crippen LogP contribution is -2.39. The first-order chi connectivity index (χ1) is 11.7. The predicted octanol–water partition coefficient (Wildman–Crippen LogP) is 2.80. The third-order valence-electron chi connectivity index (χ3n) is 4.09. The van der Waals surface area contributed by atoms with Gasteiger partial charge in [-0.3, -0.25) is 4.79 Å². The van der Waals surface area contributed by atoms with E-state index in [0.717, 1.165) is 21.0 Å². The van der Waals surface area contributed by atoms with Crippen LogP contribution in [-0.4, -0.2) is 32.2 Å². The largest absolute Gasteiger partial charge is 0.348 e. The van der Waals surface area contributed by atoms with Crippen LogP contribution in [0.3, 0.4) is 0 Å². The molecule has 0 fully saturated rings. The van der Waals surface area contributed by atoms with E-state index in [1.165, 1.54) is 19.2 Å². The van der Waals surface area contributed by atoms with Gasteiger partial charge in [-0.25, -0.2) is 8.42 Å². The van der Waals surface area contributed by atoms with Gasteiger partial charge in [0.1, 0.15) is 0 Å². The molecule has 0 aromatic heterocycles. The van der Waals surface area contributed by atoms with Crippen LogP contribution < -0.4 is 5.32 Å². The molecule has 5 nitrogen and oxygen atoms in total. The lowest BCUT2D eigenvalue weighted by Gasteiger charge is -2.20. The third kappa shape index (κ3) is 4.67. The van der Waals surface area contributed by atoms with Crippen LogP contribution in [0.4, 0.5) is 0 Å². The molecule has 0 saturated carbocycles. The van der Waals surface area contributed by atoms with Crippen molar-refractivity contribution in [3.63, 3.8) is 0 Å². The molecular formula is C19H24N2O3S. The summed E-state index contributed by atoms with van der Waals surface area (Å²) in [6.07, 6.45) is 0. The Bertz CT molecular complexity index is 848. The van der Waals surface area contributed by atoms with E-state index in [0.29, 0.717) is 0 Å².